The summed E-state index contributed by atoms with van der Waals surface area (Å²) in [4.78, 5) is 4.45. The molecule has 0 fully saturated rings. The standard InChI is InChI=1S/C16H22FN3O/c1-4-14(18-5-2)11(3)16-19-15(20-21-16)10-12-7-6-8-13(17)9-12/h6-9,11,14,18H,4-5,10H2,1-3H3. The van der Waals surface area contributed by atoms with Crippen molar-refractivity contribution >= 4 is 0 Å². The van der Waals surface area contributed by atoms with Crippen LogP contribution in [0.3, 0.4) is 0 Å². The smallest absolute Gasteiger partial charge is 0.231 e. The van der Waals surface area contributed by atoms with Gasteiger partial charge >= 0.3 is 0 Å². The first-order chi connectivity index (χ1) is 10.1. The molecule has 1 aromatic carbocycles. The van der Waals surface area contributed by atoms with Crippen LogP contribution in [0.2, 0.25) is 0 Å². The maximum atomic E-state index is 13.2. The lowest BCUT2D eigenvalue weighted by Gasteiger charge is -2.20. The molecule has 0 bridgehead atoms. The topological polar surface area (TPSA) is 51.0 Å². The van der Waals surface area contributed by atoms with Gasteiger partial charge in [0.2, 0.25) is 5.89 Å². The normalized spacial score (nSPS) is 14.1. The van der Waals surface area contributed by atoms with Crippen molar-refractivity contribution in [3.8, 4) is 0 Å². The van der Waals surface area contributed by atoms with Crippen LogP contribution in [0.1, 0.15) is 50.4 Å². The van der Waals surface area contributed by atoms with Gasteiger partial charge in [-0.25, -0.2) is 4.39 Å². The highest BCUT2D eigenvalue weighted by molar-refractivity contribution is 5.19. The van der Waals surface area contributed by atoms with Crippen LogP contribution in [0.4, 0.5) is 4.39 Å². The molecule has 0 aliphatic carbocycles. The molecule has 0 aliphatic rings. The van der Waals surface area contributed by atoms with Crippen molar-refractivity contribution in [2.24, 2.45) is 0 Å². The number of benzene rings is 1. The summed E-state index contributed by atoms with van der Waals surface area (Å²) >= 11 is 0. The molecule has 21 heavy (non-hydrogen) atoms. The van der Waals surface area contributed by atoms with Crippen LogP contribution >= 0.6 is 0 Å². The van der Waals surface area contributed by atoms with Gasteiger partial charge in [-0.15, -0.1) is 0 Å². The Morgan fingerprint density at radius 2 is 2.14 bits per heavy atom. The van der Waals surface area contributed by atoms with Gasteiger partial charge in [0.15, 0.2) is 5.82 Å². The summed E-state index contributed by atoms with van der Waals surface area (Å²) in [6, 6.07) is 6.78. The highest BCUT2D eigenvalue weighted by atomic mass is 19.1. The predicted molar refractivity (Wildman–Crippen MR) is 79.7 cm³/mol. The van der Waals surface area contributed by atoms with Gasteiger partial charge in [-0.1, -0.05) is 38.1 Å². The van der Waals surface area contributed by atoms with Crippen molar-refractivity contribution in [3.05, 3.63) is 47.4 Å². The Labute approximate surface area is 124 Å². The summed E-state index contributed by atoms with van der Waals surface area (Å²) in [5.41, 5.74) is 0.841. The predicted octanol–water partition coefficient (Wildman–Crippen LogP) is 3.29. The molecule has 0 saturated heterocycles. The minimum Gasteiger partial charge on any atom is -0.339 e. The van der Waals surface area contributed by atoms with E-state index in [-0.39, 0.29) is 11.7 Å². The number of nitrogens with one attached hydrogen (secondary N) is 1. The lowest BCUT2D eigenvalue weighted by atomic mass is 9.99. The third-order valence-corrected chi connectivity index (χ3v) is 3.63. The molecule has 1 aromatic heterocycles. The average Bonchev–Trinajstić information content (AvgIpc) is 2.92. The third-order valence-electron chi connectivity index (χ3n) is 3.63. The van der Waals surface area contributed by atoms with E-state index in [2.05, 4.69) is 36.2 Å². The van der Waals surface area contributed by atoms with Crippen molar-refractivity contribution in [1.82, 2.24) is 15.5 Å². The van der Waals surface area contributed by atoms with E-state index in [1.165, 1.54) is 12.1 Å². The van der Waals surface area contributed by atoms with Crippen molar-refractivity contribution in [2.45, 2.75) is 45.6 Å². The Kier molecular flexibility index (Phi) is 5.44. The Morgan fingerprint density at radius 3 is 2.81 bits per heavy atom. The van der Waals surface area contributed by atoms with E-state index >= 15 is 0 Å². The van der Waals surface area contributed by atoms with Gasteiger partial charge in [0.1, 0.15) is 5.82 Å². The number of hydrogen-bond donors (Lipinski definition) is 1. The largest absolute Gasteiger partial charge is 0.339 e. The Hall–Kier alpha value is -1.75. The van der Waals surface area contributed by atoms with Gasteiger partial charge in [-0.2, -0.15) is 4.98 Å². The second-order valence-electron chi connectivity index (χ2n) is 5.22. The summed E-state index contributed by atoms with van der Waals surface area (Å²) in [6.07, 6.45) is 1.47. The summed E-state index contributed by atoms with van der Waals surface area (Å²) in [6.45, 7) is 7.20. The zero-order valence-corrected chi connectivity index (χ0v) is 12.8. The molecule has 2 rings (SSSR count). The number of nitrogens with zero attached hydrogens (tertiary/aromatic N) is 2. The van der Waals surface area contributed by atoms with Crippen molar-refractivity contribution in [1.29, 1.82) is 0 Å². The van der Waals surface area contributed by atoms with Crippen LogP contribution in [-0.2, 0) is 6.42 Å². The van der Waals surface area contributed by atoms with E-state index in [9.17, 15) is 4.39 Å². The first kappa shape index (κ1) is 15.6. The van der Waals surface area contributed by atoms with Gasteiger partial charge in [0, 0.05) is 12.5 Å². The maximum Gasteiger partial charge on any atom is 0.231 e. The fraction of sp³-hybridized carbons (Fsp3) is 0.500. The molecule has 114 valence electrons. The Bertz CT molecular complexity index is 570. The highest BCUT2D eigenvalue weighted by Crippen LogP contribution is 2.20. The van der Waals surface area contributed by atoms with Crippen molar-refractivity contribution in [3.63, 3.8) is 0 Å². The molecule has 0 amide bonds. The summed E-state index contributed by atoms with van der Waals surface area (Å²) in [5, 5.41) is 7.42. The molecule has 4 nitrogen and oxygen atoms in total. The number of rotatable bonds is 7. The molecule has 0 spiro atoms. The van der Waals surface area contributed by atoms with E-state index in [1.807, 2.05) is 6.07 Å². The van der Waals surface area contributed by atoms with Crippen LogP contribution in [0.15, 0.2) is 28.8 Å². The lowest BCUT2D eigenvalue weighted by molar-refractivity contribution is 0.319. The molecule has 1 heterocycles. The first-order valence-electron chi connectivity index (χ1n) is 7.44. The number of aromatic nitrogens is 2. The van der Waals surface area contributed by atoms with Gasteiger partial charge in [0.25, 0.3) is 0 Å². The van der Waals surface area contributed by atoms with Crippen molar-refractivity contribution in [2.75, 3.05) is 6.54 Å². The molecule has 2 unspecified atom stereocenters. The lowest BCUT2D eigenvalue weighted by Crippen LogP contribution is -2.33. The van der Waals surface area contributed by atoms with Gasteiger partial charge < -0.3 is 9.84 Å². The Morgan fingerprint density at radius 1 is 1.33 bits per heavy atom. The molecular formula is C16H22FN3O. The molecule has 0 aliphatic heterocycles. The van der Waals surface area contributed by atoms with Crippen LogP contribution in [0.25, 0.3) is 0 Å². The zero-order chi connectivity index (χ0) is 15.2. The average molecular weight is 291 g/mol. The van der Waals surface area contributed by atoms with E-state index in [1.54, 1.807) is 6.07 Å². The fourth-order valence-corrected chi connectivity index (χ4v) is 2.46. The van der Waals surface area contributed by atoms with Crippen LogP contribution in [-0.4, -0.2) is 22.7 Å². The SMILES string of the molecule is CCNC(CC)C(C)c1nc(Cc2cccc(F)c2)no1. The van der Waals surface area contributed by atoms with Crippen LogP contribution in [0, 0.1) is 5.82 Å². The minimum atomic E-state index is -0.247. The molecular weight excluding hydrogens is 269 g/mol. The van der Waals surface area contributed by atoms with Gasteiger partial charge in [0.05, 0.1) is 5.92 Å². The summed E-state index contributed by atoms with van der Waals surface area (Å²) in [7, 11) is 0. The van der Waals surface area contributed by atoms with E-state index in [0.717, 1.165) is 18.5 Å². The molecule has 0 saturated carbocycles. The molecule has 0 radical (unpaired) electrons. The highest BCUT2D eigenvalue weighted by Gasteiger charge is 2.22. The number of hydrogen-bond acceptors (Lipinski definition) is 4. The van der Waals surface area contributed by atoms with Crippen LogP contribution in [0.5, 0.6) is 0 Å². The number of likely N-dealkylation sites (N-methyl/N-ethyl adjacent to an activating group) is 1. The minimum absolute atomic E-state index is 0.156. The second-order valence-corrected chi connectivity index (χ2v) is 5.22. The third kappa shape index (κ3) is 4.11. The van der Waals surface area contributed by atoms with Gasteiger partial charge in [-0.3, -0.25) is 0 Å². The quantitative estimate of drug-likeness (QED) is 0.850. The fourth-order valence-electron chi connectivity index (χ4n) is 2.46. The van der Waals surface area contributed by atoms with Gasteiger partial charge in [-0.05, 0) is 30.7 Å². The molecule has 1 N–H and O–H groups in total. The van der Waals surface area contributed by atoms with E-state index in [0.29, 0.717) is 24.2 Å². The molecule has 2 atom stereocenters. The first-order valence-corrected chi connectivity index (χ1v) is 7.44. The zero-order valence-electron chi connectivity index (χ0n) is 12.8. The molecule has 5 heteroatoms. The summed E-state index contributed by atoms with van der Waals surface area (Å²) in [5.74, 6) is 1.13. The monoisotopic (exact) mass is 291 g/mol. The molecule has 2 aromatic rings. The summed E-state index contributed by atoms with van der Waals surface area (Å²) < 4.78 is 18.5. The van der Waals surface area contributed by atoms with Crippen molar-refractivity contribution < 1.29 is 8.91 Å². The number of halogens is 1. The second kappa shape index (κ2) is 7.31. The Balaban J connectivity index is 2.07. The van der Waals surface area contributed by atoms with E-state index < -0.39 is 0 Å². The van der Waals surface area contributed by atoms with E-state index in [4.69, 9.17) is 4.52 Å². The maximum absolute atomic E-state index is 13.2. The van der Waals surface area contributed by atoms with Crippen LogP contribution < -0.4 is 5.32 Å².